The molecule has 0 aliphatic rings. The van der Waals surface area contributed by atoms with Gasteiger partial charge in [-0.15, -0.1) is 0 Å². The van der Waals surface area contributed by atoms with Crippen LogP contribution in [-0.4, -0.2) is 28.0 Å². The van der Waals surface area contributed by atoms with Crippen LogP contribution < -0.4 is 5.32 Å². The van der Waals surface area contributed by atoms with Crippen LogP contribution in [0, 0.1) is 18.2 Å². The Labute approximate surface area is 131 Å². The molecule has 0 aliphatic heterocycles. The van der Waals surface area contributed by atoms with Crippen LogP contribution in [-0.2, 0) is 0 Å². The summed E-state index contributed by atoms with van der Waals surface area (Å²) in [5.41, 5.74) is 2.60. The van der Waals surface area contributed by atoms with Gasteiger partial charge in [-0.1, -0.05) is 19.9 Å². The van der Waals surface area contributed by atoms with E-state index < -0.39 is 0 Å². The second-order valence-corrected chi connectivity index (χ2v) is 6.50. The summed E-state index contributed by atoms with van der Waals surface area (Å²) < 4.78 is 15.1. The number of nitrogens with zero attached hydrogens (tertiary/aromatic N) is 2. The van der Waals surface area contributed by atoms with E-state index in [4.69, 9.17) is 0 Å². The molecule has 0 fully saturated rings. The van der Waals surface area contributed by atoms with Crippen molar-refractivity contribution in [2.24, 2.45) is 5.41 Å². The highest BCUT2D eigenvalue weighted by atomic mass is 19.1. The molecule has 2 aromatic rings. The first kappa shape index (κ1) is 16.6. The molecule has 0 saturated carbocycles. The van der Waals surface area contributed by atoms with E-state index in [1.54, 1.807) is 10.7 Å². The molecule has 0 aliphatic carbocycles. The summed E-state index contributed by atoms with van der Waals surface area (Å²) in [6, 6.07) is 6.51. The van der Waals surface area contributed by atoms with Gasteiger partial charge in [-0.3, -0.25) is 0 Å². The van der Waals surface area contributed by atoms with Crippen LogP contribution in [0.15, 0.2) is 30.5 Å². The SMILES string of the molecule is Cc1c(C(C)NCC(C)(C)CO)cnn1-c1cccc(F)c1. The summed E-state index contributed by atoms with van der Waals surface area (Å²) in [4.78, 5) is 0. The zero-order chi connectivity index (χ0) is 16.3. The average Bonchev–Trinajstić information content (AvgIpc) is 2.87. The number of halogens is 1. The minimum absolute atomic E-state index is 0.105. The van der Waals surface area contributed by atoms with Crippen molar-refractivity contribution in [3.8, 4) is 5.69 Å². The first-order valence-electron chi connectivity index (χ1n) is 7.49. The van der Waals surface area contributed by atoms with Crippen LogP contribution in [0.25, 0.3) is 5.69 Å². The highest BCUT2D eigenvalue weighted by Gasteiger charge is 2.20. The van der Waals surface area contributed by atoms with Gasteiger partial charge >= 0.3 is 0 Å². The molecule has 0 radical (unpaired) electrons. The Morgan fingerprint density at radius 1 is 1.41 bits per heavy atom. The Balaban J connectivity index is 2.17. The van der Waals surface area contributed by atoms with E-state index in [1.807, 2.05) is 33.0 Å². The molecule has 2 N–H and O–H groups in total. The number of aromatic nitrogens is 2. The van der Waals surface area contributed by atoms with Crippen LogP contribution >= 0.6 is 0 Å². The molecule has 5 heteroatoms. The van der Waals surface area contributed by atoms with Crippen molar-refractivity contribution in [2.45, 2.75) is 33.7 Å². The van der Waals surface area contributed by atoms with E-state index in [-0.39, 0.29) is 23.9 Å². The van der Waals surface area contributed by atoms with E-state index in [1.165, 1.54) is 12.1 Å². The third-order valence-corrected chi connectivity index (χ3v) is 3.88. The monoisotopic (exact) mass is 305 g/mol. The number of benzene rings is 1. The largest absolute Gasteiger partial charge is 0.396 e. The van der Waals surface area contributed by atoms with Gasteiger partial charge in [0, 0.05) is 35.9 Å². The number of aliphatic hydroxyl groups excluding tert-OH is 1. The predicted octanol–water partition coefficient (Wildman–Crippen LogP) is 2.99. The van der Waals surface area contributed by atoms with Crippen LogP contribution in [0.3, 0.4) is 0 Å². The minimum atomic E-state index is -0.273. The van der Waals surface area contributed by atoms with Gasteiger partial charge in [0.15, 0.2) is 0 Å². The smallest absolute Gasteiger partial charge is 0.125 e. The van der Waals surface area contributed by atoms with Crippen molar-refractivity contribution < 1.29 is 9.50 Å². The summed E-state index contributed by atoms with van der Waals surface area (Å²) in [7, 11) is 0. The molecule has 120 valence electrons. The van der Waals surface area contributed by atoms with Crippen LogP contribution in [0.1, 0.15) is 38.1 Å². The van der Waals surface area contributed by atoms with Gasteiger partial charge in [0.25, 0.3) is 0 Å². The van der Waals surface area contributed by atoms with Crippen molar-refractivity contribution in [3.63, 3.8) is 0 Å². The molecule has 1 atom stereocenters. The second-order valence-electron chi connectivity index (χ2n) is 6.50. The number of hydrogen-bond donors (Lipinski definition) is 2. The van der Waals surface area contributed by atoms with Gasteiger partial charge in [0.2, 0.25) is 0 Å². The highest BCUT2D eigenvalue weighted by Crippen LogP contribution is 2.22. The Morgan fingerprint density at radius 3 is 2.77 bits per heavy atom. The van der Waals surface area contributed by atoms with Crippen molar-refractivity contribution in [1.82, 2.24) is 15.1 Å². The number of aliphatic hydroxyl groups is 1. The second kappa shape index (κ2) is 6.58. The van der Waals surface area contributed by atoms with Crippen molar-refractivity contribution >= 4 is 0 Å². The van der Waals surface area contributed by atoms with Crippen molar-refractivity contribution in [3.05, 3.63) is 47.5 Å². The van der Waals surface area contributed by atoms with Gasteiger partial charge in [-0.25, -0.2) is 9.07 Å². The Morgan fingerprint density at radius 2 is 2.14 bits per heavy atom. The lowest BCUT2D eigenvalue weighted by Gasteiger charge is -2.25. The maximum Gasteiger partial charge on any atom is 0.125 e. The van der Waals surface area contributed by atoms with Crippen LogP contribution in [0.5, 0.6) is 0 Å². The summed E-state index contributed by atoms with van der Waals surface area (Å²) in [6.45, 7) is 8.89. The van der Waals surface area contributed by atoms with Gasteiger partial charge in [0.1, 0.15) is 5.82 Å². The number of rotatable bonds is 6. The van der Waals surface area contributed by atoms with Crippen molar-refractivity contribution in [1.29, 1.82) is 0 Å². The molecule has 1 aromatic carbocycles. The summed E-state index contributed by atoms with van der Waals surface area (Å²) in [5, 5.41) is 17.1. The summed E-state index contributed by atoms with van der Waals surface area (Å²) in [5.74, 6) is -0.273. The first-order valence-corrected chi connectivity index (χ1v) is 7.49. The lowest BCUT2D eigenvalue weighted by Crippen LogP contribution is -2.33. The molecule has 0 bridgehead atoms. The topological polar surface area (TPSA) is 50.1 Å². The fourth-order valence-electron chi connectivity index (χ4n) is 2.31. The quantitative estimate of drug-likeness (QED) is 0.862. The van der Waals surface area contributed by atoms with E-state index in [2.05, 4.69) is 17.3 Å². The molecular formula is C17H24FN3O. The predicted molar refractivity (Wildman–Crippen MR) is 85.5 cm³/mol. The lowest BCUT2D eigenvalue weighted by molar-refractivity contribution is 0.154. The molecule has 0 amide bonds. The Kier molecular flexibility index (Phi) is 4.98. The third kappa shape index (κ3) is 3.72. The van der Waals surface area contributed by atoms with Crippen molar-refractivity contribution in [2.75, 3.05) is 13.2 Å². The maximum absolute atomic E-state index is 13.4. The Hall–Kier alpha value is -1.72. The molecule has 0 spiro atoms. The fourth-order valence-corrected chi connectivity index (χ4v) is 2.31. The molecule has 1 aromatic heterocycles. The number of nitrogens with one attached hydrogen (secondary N) is 1. The number of hydrogen-bond acceptors (Lipinski definition) is 3. The zero-order valence-electron chi connectivity index (χ0n) is 13.6. The van der Waals surface area contributed by atoms with Gasteiger partial charge in [-0.2, -0.15) is 5.10 Å². The van der Waals surface area contributed by atoms with E-state index >= 15 is 0 Å². The standard InChI is InChI=1S/C17H24FN3O/c1-12(19-10-17(3,4)11-22)16-9-20-21(13(16)2)15-7-5-6-14(18)8-15/h5-9,12,19,22H,10-11H2,1-4H3. The maximum atomic E-state index is 13.4. The molecular weight excluding hydrogens is 281 g/mol. The molecule has 2 rings (SSSR count). The lowest BCUT2D eigenvalue weighted by atomic mass is 9.94. The normalized spacial score (nSPS) is 13.4. The molecule has 1 unspecified atom stereocenters. The molecule has 22 heavy (non-hydrogen) atoms. The minimum Gasteiger partial charge on any atom is -0.396 e. The van der Waals surface area contributed by atoms with E-state index in [0.29, 0.717) is 12.2 Å². The molecule has 1 heterocycles. The Bertz CT molecular complexity index is 637. The van der Waals surface area contributed by atoms with Crippen LogP contribution in [0.2, 0.25) is 0 Å². The fraction of sp³-hybridized carbons (Fsp3) is 0.471. The van der Waals surface area contributed by atoms with Gasteiger partial charge in [0.05, 0.1) is 11.9 Å². The van der Waals surface area contributed by atoms with Gasteiger partial charge < -0.3 is 10.4 Å². The van der Waals surface area contributed by atoms with E-state index in [9.17, 15) is 9.50 Å². The van der Waals surface area contributed by atoms with E-state index in [0.717, 1.165) is 11.3 Å². The highest BCUT2D eigenvalue weighted by molar-refractivity contribution is 5.35. The van der Waals surface area contributed by atoms with Crippen LogP contribution in [0.4, 0.5) is 4.39 Å². The van der Waals surface area contributed by atoms with Gasteiger partial charge in [-0.05, 0) is 32.0 Å². The first-order chi connectivity index (χ1) is 10.3. The molecule has 0 saturated heterocycles. The molecule has 4 nitrogen and oxygen atoms in total. The average molecular weight is 305 g/mol. The zero-order valence-corrected chi connectivity index (χ0v) is 13.6. The summed E-state index contributed by atoms with van der Waals surface area (Å²) >= 11 is 0. The summed E-state index contributed by atoms with van der Waals surface area (Å²) in [6.07, 6.45) is 1.81. The third-order valence-electron chi connectivity index (χ3n) is 3.88.